The molecular formula is C27H18FN2O2. The van der Waals surface area contributed by atoms with E-state index in [2.05, 4.69) is 6.07 Å². The lowest BCUT2D eigenvalue weighted by molar-refractivity contribution is 0.1000. The average Bonchev–Trinajstić information content (AvgIpc) is 3.14. The fraction of sp³-hybridized carbons (Fsp3) is 0.0370. The van der Waals surface area contributed by atoms with Crippen molar-refractivity contribution in [2.45, 2.75) is 6.54 Å². The maximum atomic E-state index is 14.9. The molecule has 1 amide bonds. The van der Waals surface area contributed by atoms with Crippen molar-refractivity contribution >= 4 is 33.5 Å². The first-order valence-corrected chi connectivity index (χ1v) is 10.1. The second-order valence-electron chi connectivity index (χ2n) is 7.59. The smallest absolute Gasteiger partial charge is 0.249 e. The van der Waals surface area contributed by atoms with Crippen LogP contribution in [0.1, 0.15) is 31.8 Å². The van der Waals surface area contributed by atoms with E-state index in [1.165, 1.54) is 12.1 Å². The van der Waals surface area contributed by atoms with Crippen LogP contribution in [0, 0.1) is 11.9 Å². The van der Waals surface area contributed by atoms with E-state index in [4.69, 9.17) is 5.73 Å². The Bertz CT molecular complexity index is 1500. The number of nitrogens with two attached hydrogens (primary N) is 1. The van der Waals surface area contributed by atoms with E-state index >= 15 is 0 Å². The molecule has 0 aliphatic rings. The molecule has 4 aromatic carbocycles. The summed E-state index contributed by atoms with van der Waals surface area (Å²) in [5.74, 6) is -1.07. The maximum Gasteiger partial charge on any atom is 0.249 e. The number of ketones is 1. The third kappa shape index (κ3) is 3.24. The van der Waals surface area contributed by atoms with Crippen molar-refractivity contribution in [3.63, 3.8) is 0 Å². The lowest BCUT2D eigenvalue weighted by atomic mass is 10.0. The van der Waals surface area contributed by atoms with E-state index in [1.807, 2.05) is 42.5 Å². The number of benzene rings is 4. The lowest BCUT2D eigenvalue weighted by Crippen LogP contribution is -2.11. The number of carbonyl (C=O) groups excluding carboxylic acids is 2. The number of carbonyl (C=O) groups is 2. The Morgan fingerprint density at radius 2 is 1.66 bits per heavy atom. The molecule has 2 N–H and O–H groups in total. The number of hydrogen-bond donors (Lipinski definition) is 1. The van der Waals surface area contributed by atoms with E-state index < -0.39 is 11.7 Å². The van der Waals surface area contributed by atoms with Gasteiger partial charge in [-0.1, -0.05) is 60.7 Å². The van der Waals surface area contributed by atoms with Crippen LogP contribution in [0.5, 0.6) is 0 Å². The highest BCUT2D eigenvalue weighted by Gasteiger charge is 2.19. The Balaban J connectivity index is 1.66. The molecule has 1 aromatic heterocycles. The third-order valence-electron chi connectivity index (χ3n) is 5.60. The van der Waals surface area contributed by atoms with Crippen molar-refractivity contribution < 1.29 is 14.0 Å². The predicted octanol–water partition coefficient (Wildman–Crippen LogP) is 5.11. The SMILES string of the molecule is NC(=O)c1cccc2c1c1[c]ccc(F)c1n2Cc1cccc(C(=O)c2ccccc2)c1. The number of halogens is 1. The minimum Gasteiger partial charge on any atom is -0.366 e. The molecule has 0 fully saturated rings. The van der Waals surface area contributed by atoms with Crippen molar-refractivity contribution in [1.82, 2.24) is 4.57 Å². The van der Waals surface area contributed by atoms with Crippen LogP contribution in [0.2, 0.25) is 0 Å². The number of rotatable bonds is 5. The van der Waals surface area contributed by atoms with Gasteiger partial charge in [0.1, 0.15) is 5.82 Å². The van der Waals surface area contributed by atoms with Crippen molar-refractivity contribution in [1.29, 1.82) is 0 Å². The average molecular weight is 421 g/mol. The number of aromatic nitrogens is 1. The van der Waals surface area contributed by atoms with Gasteiger partial charge in [-0.25, -0.2) is 4.39 Å². The quantitative estimate of drug-likeness (QED) is 0.401. The molecule has 5 heteroatoms. The second kappa shape index (κ2) is 7.78. The van der Waals surface area contributed by atoms with Gasteiger partial charge in [0.05, 0.1) is 11.0 Å². The first-order valence-electron chi connectivity index (χ1n) is 10.1. The zero-order valence-electron chi connectivity index (χ0n) is 17.0. The third-order valence-corrected chi connectivity index (χ3v) is 5.60. The summed E-state index contributed by atoms with van der Waals surface area (Å²) >= 11 is 0. The van der Waals surface area contributed by atoms with Gasteiger partial charge in [-0.2, -0.15) is 0 Å². The molecule has 0 unspecified atom stereocenters. The molecule has 0 aliphatic heterocycles. The van der Waals surface area contributed by atoms with Gasteiger partial charge in [-0.3, -0.25) is 9.59 Å². The summed E-state index contributed by atoms with van der Waals surface area (Å²) in [5.41, 5.74) is 8.92. The van der Waals surface area contributed by atoms with E-state index in [0.29, 0.717) is 45.0 Å². The maximum absolute atomic E-state index is 14.9. The summed E-state index contributed by atoms with van der Waals surface area (Å²) < 4.78 is 16.7. The predicted molar refractivity (Wildman–Crippen MR) is 122 cm³/mol. The highest BCUT2D eigenvalue weighted by molar-refractivity contribution is 6.17. The molecular weight excluding hydrogens is 403 g/mol. The molecule has 155 valence electrons. The van der Waals surface area contributed by atoms with E-state index in [9.17, 15) is 14.0 Å². The van der Waals surface area contributed by atoms with Gasteiger partial charge >= 0.3 is 0 Å². The van der Waals surface area contributed by atoms with Crippen LogP contribution in [0.15, 0.2) is 84.9 Å². The summed E-state index contributed by atoms with van der Waals surface area (Å²) in [6.07, 6.45) is 0. The summed E-state index contributed by atoms with van der Waals surface area (Å²) in [7, 11) is 0. The Morgan fingerprint density at radius 3 is 2.44 bits per heavy atom. The molecule has 0 saturated carbocycles. The van der Waals surface area contributed by atoms with Crippen LogP contribution < -0.4 is 5.73 Å². The first kappa shape index (κ1) is 19.7. The van der Waals surface area contributed by atoms with Crippen molar-refractivity contribution in [2.24, 2.45) is 5.73 Å². The topological polar surface area (TPSA) is 65.1 Å². The highest BCUT2D eigenvalue weighted by atomic mass is 19.1. The number of nitrogens with zero attached hydrogens (tertiary/aromatic N) is 1. The van der Waals surface area contributed by atoms with Crippen LogP contribution in [0.3, 0.4) is 0 Å². The molecule has 1 heterocycles. The van der Waals surface area contributed by atoms with Crippen LogP contribution in [-0.4, -0.2) is 16.3 Å². The van der Waals surface area contributed by atoms with Crippen LogP contribution in [0.25, 0.3) is 21.8 Å². The number of primary amides is 1. The van der Waals surface area contributed by atoms with Crippen molar-refractivity contribution in [3.8, 4) is 0 Å². The number of amides is 1. The molecule has 0 atom stereocenters. The van der Waals surface area contributed by atoms with Crippen LogP contribution >= 0.6 is 0 Å². The number of hydrogen-bond acceptors (Lipinski definition) is 2. The van der Waals surface area contributed by atoms with Gasteiger partial charge in [0.2, 0.25) is 5.91 Å². The summed E-state index contributed by atoms with van der Waals surface area (Å²) in [5, 5.41) is 1.08. The fourth-order valence-corrected chi connectivity index (χ4v) is 4.19. The van der Waals surface area contributed by atoms with E-state index in [-0.39, 0.29) is 5.78 Å². The summed E-state index contributed by atoms with van der Waals surface area (Å²) in [6, 6.07) is 27.4. The molecule has 5 aromatic rings. The van der Waals surface area contributed by atoms with Crippen molar-refractivity contribution in [2.75, 3.05) is 0 Å². The van der Waals surface area contributed by atoms with E-state index in [0.717, 1.165) is 5.56 Å². The minimum absolute atomic E-state index is 0.0785. The normalized spacial score (nSPS) is 11.2. The zero-order valence-corrected chi connectivity index (χ0v) is 17.0. The molecule has 32 heavy (non-hydrogen) atoms. The van der Waals surface area contributed by atoms with Crippen LogP contribution in [-0.2, 0) is 6.54 Å². The van der Waals surface area contributed by atoms with Gasteiger partial charge in [0.15, 0.2) is 5.78 Å². The lowest BCUT2D eigenvalue weighted by Gasteiger charge is -2.10. The minimum atomic E-state index is -0.581. The van der Waals surface area contributed by atoms with Crippen LogP contribution in [0.4, 0.5) is 4.39 Å². The zero-order chi connectivity index (χ0) is 22.2. The summed E-state index contributed by atoms with van der Waals surface area (Å²) in [6.45, 7) is 0.312. The van der Waals surface area contributed by atoms with Crippen molar-refractivity contribution in [3.05, 3.63) is 119 Å². The second-order valence-corrected chi connectivity index (χ2v) is 7.59. The Hall–Kier alpha value is -4.25. The molecule has 4 nitrogen and oxygen atoms in total. The molecule has 5 rings (SSSR count). The standard InChI is InChI=1S/C27H18FN2O2/c28-22-13-5-11-20-24-21(27(29)32)12-6-14-23(24)30(25(20)22)16-17-7-4-10-19(15-17)26(31)18-8-2-1-3-9-18/h1-10,12-15H,16H2,(H2,29,32). The van der Waals surface area contributed by atoms with Gasteiger partial charge in [-0.15, -0.1) is 0 Å². The molecule has 0 aliphatic carbocycles. The van der Waals surface area contributed by atoms with Gasteiger partial charge in [0, 0.05) is 34.0 Å². The van der Waals surface area contributed by atoms with Gasteiger partial charge < -0.3 is 10.3 Å². The highest BCUT2D eigenvalue weighted by Crippen LogP contribution is 2.33. The molecule has 0 saturated heterocycles. The number of fused-ring (bicyclic) bond motifs is 3. The Labute approximate surface area is 183 Å². The fourth-order valence-electron chi connectivity index (χ4n) is 4.19. The molecule has 0 spiro atoms. The van der Waals surface area contributed by atoms with Gasteiger partial charge in [-0.05, 0) is 35.9 Å². The summed E-state index contributed by atoms with van der Waals surface area (Å²) in [4.78, 5) is 24.9. The van der Waals surface area contributed by atoms with E-state index in [1.54, 1.807) is 34.9 Å². The monoisotopic (exact) mass is 421 g/mol. The van der Waals surface area contributed by atoms with Gasteiger partial charge in [0.25, 0.3) is 0 Å². The largest absolute Gasteiger partial charge is 0.366 e. The molecule has 1 radical (unpaired) electrons. The first-order chi connectivity index (χ1) is 15.5. The molecule has 0 bridgehead atoms. The Morgan fingerprint density at radius 1 is 0.906 bits per heavy atom. The Kier molecular flexibility index (Phi) is 4.79.